The molecule has 1 aromatic heterocycles. The standard InChI is InChI=1S/C13H14N2OS2/c1-17-11-6-2-5-10(12(11)13(14)15)16-8-9-4-3-7-18-9/h2-7H,8H2,1H3,(H3,14,15). The van der Waals surface area contributed by atoms with E-state index >= 15 is 0 Å². The Balaban J connectivity index is 2.24. The molecule has 0 spiro atoms. The van der Waals surface area contributed by atoms with Gasteiger partial charge in [0.1, 0.15) is 18.2 Å². The summed E-state index contributed by atoms with van der Waals surface area (Å²) in [5, 5.41) is 9.68. The van der Waals surface area contributed by atoms with Crippen LogP contribution in [0.25, 0.3) is 0 Å². The lowest BCUT2D eigenvalue weighted by Gasteiger charge is -2.12. The van der Waals surface area contributed by atoms with Gasteiger partial charge in [-0.3, -0.25) is 5.41 Å². The van der Waals surface area contributed by atoms with E-state index in [2.05, 4.69) is 0 Å². The quantitative estimate of drug-likeness (QED) is 0.501. The fourth-order valence-corrected chi connectivity index (χ4v) is 2.86. The summed E-state index contributed by atoms with van der Waals surface area (Å²) in [4.78, 5) is 2.12. The van der Waals surface area contributed by atoms with Gasteiger partial charge in [-0.2, -0.15) is 0 Å². The average Bonchev–Trinajstić information content (AvgIpc) is 2.88. The molecule has 0 amide bonds. The molecule has 0 fully saturated rings. The smallest absolute Gasteiger partial charge is 0.131 e. The topological polar surface area (TPSA) is 59.1 Å². The van der Waals surface area contributed by atoms with Gasteiger partial charge in [-0.25, -0.2) is 0 Å². The van der Waals surface area contributed by atoms with Crippen molar-refractivity contribution in [3.8, 4) is 5.75 Å². The predicted octanol–water partition coefficient (Wildman–Crippen LogP) is 3.33. The Morgan fingerprint density at radius 3 is 2.83 bits per heavy atom. The van der Waals surface area contributed by atoms with E-state index in [1.54, 1.807) is 23.1 Å². The first-order valence-electron chi connectivity index (χ1n) is 5.39. The molecule has 1 heterocycles. The molecule has 0 radical (unpaired) electrons. The summed E-state index contributed by atoms with van der Waals surface area (Å²) in [6, 6.07) is 9.73. The summed E-state index contributed by atoms with van der Waals surface area (Å²) in [7, 11) is 0. The van der Waals surface area contributed by atoms with Gasteiger partial charge in [-0.15, -0.1) is 23.1 Å². The Labute approximate surface area is 114 Å². The number of rotatable bonds is 5. The van der Waals surface area contributed by atoms with Gasteiger partial charge in [-0.05, 0) is 29.8 Å². The van der Waals surface area contributed by atoms with Crippen LogP contribution in [0.15, 0.2) is 40.6 Å². The van der Waals surface area contributed by atoms with Gasteiger partial charge in [0.15, 0.2) is 0 Å². The molecule has 0 aliphatic heterocycles. The Hall–Kier alpha value is -1.46. The fourth-order valence-electron chi connectivity index (χ4n) is 1.61. The number of amidine groups is 1. The molecule has 0 aliphatic carbocycles. The van der Waals surface area contributed by atoms with Crippen molar-refractivity contribution in [2.24, 2.45) is 5.73 Å². The summed E-state index contributed by atoms with van der Waals surface area (Å²) in [6.45, 7) is 0.510. The van der Waals surface area contributed by atoms with Crippen LogP contribution in [0.5, 0.6) is 5.75 Å². The average molecular weight is 278 g/mol. The normalized spacial score (nSPS) is 10.3. The highest BCUT2D eigenvalue weighted by Crippen LogP contribution is 2.29. The number of nitrogens with two attached hydrogens (primary N) is 1. The van der Waals surface area contributed by atoms with Crippen molar-refractivity contribution in [1.82, 2.24) is 0 Å². The molecule has 0 saturated carbocycles. The van der Waals surface area contributed by atoms with E-state index < -0.39 is 0 Å². The fraction of sp³-hybridized carbons (Fsp3) is 0.154. The molecule has 0 unspecified atom stereocenters. The van der Waals surface area contributed by atoms with Crippen LogP contribution in [0.3, 0.4) is 0 Å². The van der Waals surface area contributed by atoms with E-state index in [4.69, 9.17) is 15.9 Å². The van der Waals surface area contributed by atoms with E-state index in [1.165, 1.54) is 0 Å². The van der Waals surface area contributed by atoms with Gasteiger partial charge in [0.25, 0.3) is 0 Å². The first-order chi connectivity index (χ1) is 8.72. The molecule has 2 aromatic rings. The van der Waals surface area contributed by atoms with Gasteiger partial charge in [0, 0.05) is 9.77 Å². The minimum absolute atomic E-state index is 0.0427. The Morgan fingerprint density at radius 1 is 1.39 bits per heavy atom. The van der Waals surface area contributed by atoms with Crippen molar-refractivity contribution >= 4 is 28.9 Å². The number of ether oxygens (including phenoxy) is 1. The number of nitrogen functional groups attached to an aromatic ring is 1. The number of hydrogen-bond acceptors (Lipinski definition) is 4. The highest BCUT2D eigenvalue weighted by atomic mass is 32.2. The summed E-state index contributed by atoms with van der Waals surface area (Å²) in [5.41, 5.74) is 6.31. The largest absolute Gasteiger partial charge is 0.487 e. The number of thioether (sulfide) groups is 1. The number of hydrogen-bond donors (Lipinski definition) is 2. The second-order valence-electron chi connectivity index (χ2n) is 3.62. The number of nitrogens with one attached hydrogen (secondary N) is 1. The minimum Gasteiger partial charge on any atom is -0.487 e. The lowest BCUT2D eigenvalue weighted by molar-refractivity contribution is 0.308. The van der Waals surface area contributed by atoms with Crippen molar-refractivity contribution < 1.29 is 4.74 Å². The summed E-state index contributed by atoms with van der Waals surface area (Å²) >= 11 is 3.21. The SMILES string of the molecule is CSc1cccc(OCc2cccs2)c1C(=N)N. The number of benzene rings is 1. The zero-order valence-electron chi connectivity index (χ0n) is 9.97. The first kappa shape index (κ1) is 13.0. The van der Waals surface area contributed by atoms with Crippen LogP contribution in [0.1, 0.15) is 10.4 Å². The van der Waals surface area contributed by atoms with Crippen LogP contribution in [0.2, 0.25) is 0 Å². The van der Waals surface area contributed by atoms with Crippen LogP contribution < -0.4 is 10.5 Å². The van der Waals surface area contributed by atoms with Crippen LogP contribution in [0.4, 0.5) is 0 Å². The van der Waals surface area contributed by atoms with Crippen molar-refractivity contribution in [2.75, 3.05) is 6.26 Å². The van der Waals surface area contributed by atoms with Crippen molar-refractivity contribution in [3.63, 3.8) is 0 Å². The van der Waals surface area contributed by atoms with Gasteiger partial charge in [0.05, 0.1) is 5.56 Å². The minimum atomic E-state index is 0.0427. The third kappa shape index (κ3) is 2.86. The second-order valence-corrected chi connectivity index (χ2v) is 5.50. The maximum atomic E-state index is 7.66. The molecular formula is C13H14N2OS2. The van der Waals surface area contributed by atoms with Gasteiger partial charge in [-0.1, -0.05) is 12.1 Å². The molecule has 18 heavy (non-hydrogen) atoms. The molecule has 0 atom stereocenters. The molecule has 1 aromatic carbocycles. The van der Waals surface area contributed by atoms with E-state index in [9.17, 15) is 0 Å². The summed E-state index contributed by atoms with van der Waals surface area (Å²) in [6.07, 6.45) is 1.96. The lowest BCUT2D eigenvalue weighted by atomic mass is 10.2. The predicted molar refractivity (Wildman–Crippen MR) is 77.9 cm³/mol. The monoisotopic (exact) mass is 278 g/mol. The highest BCUT2D eigenvalue weighted by molar-refractivity contribution is 7.98. The van der Waals surface area contributed by atoms with Crippen LogP contribution >= 0.6 is 23.1 Å². The van der Waals surface area contributed by atoms with Crippen LogP contribution in [-0.2, 0) is 6.61 Å². The Kier molecular flexibility index (Phi) is 4.28. The Morgan fingerprint density at radius 2 is 2.22 bits per heavy atom. The number of thiophene rings is 1. The van der Waals surface area contributed by atoms with Crippen LogP contribution in [0, 0.1) is 5.41 Å². The zero-order valence-corrected chi connectivity index (χ0v) is 11.6. The molecule has 94 valence electrons. The summed E-state index contributed by atoms with van der Waals surface area (Å²) in [5.74, 6) is 0.712. The lowest BCUT2D eigenvalue weighted by Crippen LogP contribution is -2.14. The molecule has 5 heteroatoms. The third-order valence-corrected chi connectivity index (χ3v) is 4.06. The van der Waals surface area contributed by atoms with E-state index in [0.717, 1.165) is 9.77 Å². The Bertz CT molecular complexity index is 538. The van der Waals surface area contributed by atoms with Gasteiger partial charge >= 0.3 is 0 Å². The summed E-state index contributed by atoms with van der Waals surface area (Å²) < 4.78 is 5.76. The molecule has 0 aliphatic rings. The molecule has 3 nitrogen and oxygen atoms in total. The molecular weight excluding hydrogens is 264 g/mol. The zero-order chi connectivity index (χ0) is 13.0. The molecule has 2 rings (SSSR count). The van der Waals surface area contributed by atoms with Crippen LogP contribution in [-0.4, -0.2) is 12.1 Å². The van der Waals surface area contributed by atoms with Crippen molar-refractivity contribution in [2.45, 2.75) is 11.5 Å². The molecule has 0 bridgehead atoms. The van der Waals surface area contributed by atoms with Gasteiger partial charge < -0.3 is 10.5 Å². The highest BCUT2D eigenvalue weighted by Gasteiger charge is 2.12. The van der Waals surface area contributed by atoms with E-state index in [0.29, 0.717) is 17.9 Å². The van der Waals surface area contributed by atoms with Crippen molar-refractivity contribution in [3.05, 3.63) is 46.2 Å². The maximum absolute atomic E-state index is 7.66. The van der Waals surface area contributed by atoms with E-state index in [1.807, 2.05) is 42.0 Å². The first-order valence-corrected chi connectivity index (χ1v) is 7.49. The van der Waals surface area contributed by atoms with E-state index in [-0.39, 0.29) is 5.84 Å². The molecule has 0 saturated heterocycles. The van der Waals surface area contributed by atoms with Crippen molar-refractivity contribution in [1.29, 1.82) is 5.41 Å². The second kappa shape index (κ2) is 5.93. The maximum Gasteiger partial charge on any atom is 0.131 e. The molecule has 3 N–H and O–H groups in total. The van der Waals surface area contributed by atoms with Gasteiger partial charge in [0.2, 0.25) is 0 Å². The third-order valence-electron chi connectivity index (χ3n) is 2.43.